The zero-order valence-corrected chi connectivity index (χ0v) is 6.79. The van der Waals surface area contributed by atoms with Crippen LogP contribution in [0.5, 0.6) is 0 Å². The molecule has 54 valence electrons. The van der Waals surface area contributed by atoms with Gasteiger partial charge < -0.3 is 5.73 Å². The molecular formula is C6H14N2S. The molecule has 0 rings (SSSR count). The Morgan fingerprint density at radius 1 is 1.67 bits per heavy atom. The summed E-state index contributed by atoms with van der Waals surface area (Å²) >= 11 is 1.73. The van der Waals surface area contributed by atoms with Gasteiger partial charge >= 0.3 is 0 Å². The normalized spacial score (nSPS) is 13.1. The lowest BCUT2D eigenvalue weighted by atomic mass is 10.3. The molecule has 0 radical (unpaired) electrons. The molecule has 0 aromatic rings. The van der Waals surface area contributed by atoms with Crippen LogP contribution in [0.3, 0.4) is 0 Å². The second-order valence-corrected chi connectivity index (χ2v) is 3.29. The first kappa shape index (κ1) is 8.82. The van der Waals surface area contributed by atoms with Crippen molar-refractivity contribution in [2.75, 3.05) is 5.75 Å². The molecular weight excluding hydrogens is 132 g/mol. The maximum absolute atomic E-state index is 7.11. The van der Waals surface area contributed by atoms with Crippen LogP contribution in [-0.2, 0) is 0 Å². The van der Waals surface area contributed by atoms with Crippen LogP contribution in [0.15, 0.2) is 0 Å². The molecule has 3 N–H and O–H groups in total. The number of hydrogen-bond acceptors (Lipinski definition) is 2. The first-order valence-electron chi connectivity index (χ1n) is 3.17. The van der Waals surface area contributed by atoms with Crippen LogP contribution in [0, 0.1) is 5.41 Å². The Labute approximate surface area is 60.7 Å². The quantitative estimate of drug-likeness (QED) is 0.466. The van der Waals surface area contributed by atoms with E-state index in [-0.39, 0.29) is 5.25 Å². The zero-order valence-electron chi connectivity index (χ0n) is 5.98. The maximum atomic E-state index is 7.11. The fourth-order valence-electron chi connectivity index (χ4n) is 0.629. The van der Waals surface area contributed by atoms with Crippen molar-refractivity contribution in [3.63, 3.8) is 0 Å². The Morgan fingerprint density at radius 2 is 2.22 bits per heavy atom. The van der Waals surface area contributed by atoms with Crippen LogP contribution in [0.2, 0.25) is 0 Å². The molecule has 0 heterocycles. The van der Waals surface area contributed by atoms with Gasteiger partial charge in [-0.2, -0.15) is 11.8 Å². The van der Waals surface area contributed by atoms with Crippen molar-refractivity contribution < 1.29 is 0 Å². The topological polar surface area (TPSA) is 49.9 Å². The Bertz CT molecular complexity index is 93.1. The Morgan fingerprint density at radius 3 is 2.33 bits per heavy atom. The second-order valence-electron chi connectivity index (χ2n) is 1.81. The zero-order chi connectivity index (χ0) is 7.28. The molecule has 0 fully saturated rings. The van der Waals surface area contributed by atoms with Crippen molar-refractivity contribution in [1.82, 2.24) is 0 Å². The molecule has 1 unspecified atom stereocenters. The highest BCUT2D eigenvalue weighted by atomic mass is 32.2. The molecule has 3 heteroatoms. The summed E-state index contributed by atoms with van der Waals surface area (Å²) in [6.45, 7) is 4.13. The molecule has 2 nitrogen and oxygen atoms in total. The summed E-state index contributed by atoms with van der Waals surface area (Å²) in [6, 6.07) is 0. The number of nitrogens with two attached hydrogens (primary N) is 1. The van der Waals surface area contributed by atoms with E-state index in [1.807, 2.05) is 0 Å². The van der Waals surface area contributed by atoms with Gasteiger partial charge in [-0.05, 0) is 12.2 Å². The first-order valence-corrected chi connectivity index (χ1v) is 4.22. The van der Waals surface area contributed by atoms with Gasteiger partial charge in [0.15, 0.2) is 0 Å². The second kappa shape index (κ2) is 4.68. The average Bonchev–Trinajstić information content (AvgIpc) is 1.82. The molecule has 9 heavy (non-hydrogen) atoms. The van der Waals surface area contributed by atoms with E-state index in [1.165, 1.54) is 0 Å². The highest BCUT2D eigenvalue weighted by Gasteiger charge is 2.06. The van der Waals surface area contributed by atoms with Crippen LogP contribution in [0.1, 0.15) is 20.3 Å². The standard InChI is InChI=1S/C6H14N2S/c1-3-5(6(7)8)9-4-2/h5H,3-4H2,1-2H3,(H3,7,8). The van der Waals surface area contributed by atoms with E-state index < -0.39 is 0 Å². The van der Waals surface area contributed by atoms with Crippen molar-refractivity contribution in [3.05, 3.63) is 0 Å². The lowest BCUT2D eigenvalue weighted by molar-refractivity contribution is 0.992. The van der Waals surface area contributed by atoms with Gasteiger partial charge in [0, 0.05) is 0 Å². The molecule has 0 aliphatic carbocycles. The summed E-state index contributed by atoms with van der Waals surface area (Å²) < 4.78 is 0. The molecule has 0 amide bonds. The van der Waals surface area contributed by atoms with E-state index in [0.29, 0.717) is 5.84 Å². The molecule has 0 aromatic heterocycles. The average molecular weight is 146 g/mol. The van der Waals surface area contributed by atoms with Crippen molar-refractivity contribution in [2.45, 2.75) is 25.5 Å². The third-order valence-corrected chi connectivity index (χ3v) is 2.41. The van der Waals surface area contributed by atoms with Gasteiger partial charge in [0.25, 0.3) is 0 Å². The summed E-state index contributed by atoms with van der Waals surface area (Å²) in [5, 5.41) is 7.36. The lowest BCUT2D eigenvalue weighted by Crippen LogP contribution is -2.24. The molecule has 0 saturated carbocycles. The molecule has 1 atom stereocenters. The van der Waals surface area contributed by atoms with Crippen LogP contribution in [0.4, 0.5) is 0 Å². The molecule has 0 saturated heterocycles. The molecule has 0 aliphatic rings. The summed E-state index contributed by atoms with van der Waals surface area (Å²) in [7, 11) is 0. The van der Waals surface area contributed by atoms with Gasteiger partial charge in [-0.15, -0.1) is 0 Å². The van der Waals surface area contributed by atoms with E-state index in [0.717, 1.165) is 12.2 Å². The number of thioether (sulfide) groups is 1. The number of nitrogens with one attached hydrogen (secondary N) is 1. The van der Waals surface area contributed by atoms with Gasteiger partial charge in [0.1, 0.15) is 5.84 Å². The maximum Gasteiger partial charge on any atom is 0.104 e. The van der Waals surface area contributed by atoms with Gasteiger partial charge in [-0.25, -0.2) is 0 Å². The summed E-state index contributed by atoms with van der Waals surface area (Å²) in [4.78, 5) is 0. The minimum atomic E-state index is 0.245. The van der Waals surface area contributed by atoms with Crippen LogP contribution in [0.25, 0.3) is 0 Å². The van der Waals surface area contributed by atoms with E-state index >= 15 is 0 Å². The third kappa shape index (κ3) is 3.40. The minimum Gasteiger partial charge on any atom is -0.387 e. The molecule has 0 aromatic carbocycles. The van der Waals surface area contributed by atoms with Crippen molar-refractivity contribution in [2.24, 2.45) is 5.73 Å². The fraction of sp³-hybridized carbons (Fsp3) is 0.833. The minimum absolute atomic E-state index is 0.245. The van der Waals surface area contributed by atoms with Crippen molar-refractivity contribution >= 4 is 17.6 Å². The Hall–Kier alpha value is -0.180. The summed E-state index contributed by atoms with van der Waals surface area (Å²) in [6.07, 6.45) is 0.966. The molecule has 0 bridgehead atoms. The predicted molar refractivity (Wildman–Crippen MR) is 44.1 cm³/mol. The predicted octanol–water partition coefficient (Wildman–Crippen LogP) is 1.45. The SMILES string of the molecule is CCSC(CC)C(=N)N. The number of rotatable bonds is 4. The van der Waals surface area contributed by atoms with Gasteiger partial charge in [-0.1, -0.05) is 13.8 Å². The van der Waals surface area contributed by atoms with Gasteiger partial charge in [0.2, 0.25) is 0 Å². The highest BCUT2D eigenvalue weighted by Crippen LogP contribution is 2.12. The third-order valence-electron chi connectivity index (χ3n) is 1.09. The van der Waals surface area contributed by atoms with E-state index in [2.05, 4.69) is 13.8 Å². The van der Waals surface area contributed by atoms with Crippen LogP contribution >= 0.6 is 11.8 Å². The summed E-state index contributed by atoms with van der Waals surface area (Å²) in [5.41, 5.74) is 5.30. The van der Waals surface area contributed by atoms with Crippen molar-refractivity contribution in [3.8, 4) is 0 Å². The Balaban J connectivity index is 3.54. The molecule has 0 spiro atoms. The van der Waals surface area contributed by atoms with E-state index in [9.17, 15) is 0 Å². The van der Waals surface area contributed by atoms with Crippen molar-refractivity contribution in [1.29, 1.82) is 5.41 Å². The fourth-order valence-corrected chi connectivity index (χ4v) is 1.45. The highest BCUT2D eigenvalue weighted by molar-refractivity contribution is 8.00. The Kier molecular flexibility index (Phi) is 4.58. The monoisotopic (exact) mass is 146 g/mol. The summed E-state index contributed by atoms with van der Waals surface area (Å²) in [5.74, 6) is 1.35. The van der Waals surface area contributed by atoms with Gasteiger partial charge in [-0.3, -0.25) is 5.41 Å². The lowest BCUT2D eigenvalue weighted by Gasteiger charge is -2.09. The van der Waals surface area contributed by atoms with E-state index in [4.69, 9.17) is 11.1 Å². The first-order chi connectivity index (χ1) is 4.22. The molecule has 0 aliphatic heterocycles. The van der Waals surface area contributed by atoms with Gasteiger partial charge in [0.05, 0.1) is 5.25 Å². The van der Waals surface area contributed by atoms with E-state index in [1.54, 1.807) is 11.8 Å². The van der Waals surface area contributed by atoms with Crippen LogP contribution < -0.4 is 5.73 Å². The number of amidine groups is 1. The smallest absolute Gasteiger partial charge is 0.104 e. The number of hydrogen-bond donors (Lipinski definition) is 2. The largest absolute Gasteiger partial charge is 0.387 e. The van der Waals surface area contributed by atoms with Crippen LogP contribution in [-0.4, -0.2) is 16.8 Å².